The average molecular weight is 275 g/mol. The second-order valence-electron chi connectivity index (χ2n) is 4.74. The molecule has 20 heavy (non-hydrogen) atoms. The number of phenolic OH excluding ortho intramolecular Hbond substituents is 1. The number of hydrogen-bond donors (Lipinski definition) is 3. The summed E-state index contributed by atoms with van der Waals surface area (Å²) in [4.78, 5) is 7.27. The summed E-state index contributed by atoms with van der Waals surface area (Å²) in [5.41, 5.74) is 0.849. The van der Waals surface area contributed by atoms with Crippen molar-refractivity contribution < 1.29 is 9.84 Å². The normalized spacial score (nSPS) is 12.3. The van der Waals surface area contributed by atoms with Crippen LogP contribution in [0.2, 0.25) is 0 Å². The van der Waals surface area contributed by atoms with E-state index in [2.05, 4.69) is 15.3 Å². The van der Waals surface area contributed by atoms with Crippen LogP contribution in [0.15, 0.2) is 30.6 Å². The molecule has 0 bridgehead atoms. The Morgan fingerprint density at radius 1 is 1.45 bits per heavy atom. The molecule has 3 N–H and O–H groups in total. The van der Waals surface area contributed by atoms with Gasteiger partial charge in [0.15, 0.2) is 0 Å². The van der Waals surface area contributed by atoms with Crippen LogP contribution in [0.1, 0.15) is 30.8 Å². The Kier molecular flexibility index (Phi) is 5.01. The van der Waals surface area contributed by atoms with Gasteiger partial charge in [0.25, 0.3) is 0 Å². The van der Waals surface area contributed by atoms with Crippen LogP contribution in [0.4, 0.5) is 0 Å². The summed E-state index contributed by atoms with van der Waals surface area (Å²) in [5, 5.41) is 13.3. The molecule has 0 spiro atoms. The topological polar surface area (TPSA) is 70.2 Å². The molecule has 0 saturated carbocycles. The van der Waals surface area contributed by atoms with E-state index in [9.17, 15) is 5.11 Å². The molecule has 5 heteroatoms. The van der Waals surface area contributed by atoms with Gasteiger partial charge in [-0.1, -0.05) is 0 Å². The highest BCUT2D eigenvalue weighted by Gasteiger charge is 2.11. The van der Waals surface area contributed by atoms with Crippen molar-refractivity contribution in [3.8, 4) is 11.5 Å². The third kappa shape index (κ3) is 3.74. The number of phenols is 1. The van der Waals surface area contributed by atoms with Gasteiger partial charge in [0.2, 0.25) is 0 Å². The lowest BCUT2D eigenvalue weighted by molar-refractivity contribution is 0.407. The van der Waals surface area contributed by atoms with Crippen molar-refractivity contribution in [3.63, 3.8) is 0 Å². The maximum absolute atomic E-state index is 9.90. The van der Waals surface area contributed by atoms with E-state index in [1.165, 1.54) is 0 Å². The predicted molar refractivity (Wildman–Crippen MR) is 78.0 cm³/mol. The maximum Gasteiger partial charge on any atom is 0.120 e. The second kappa shape index (κ2) is 6.96. The number of aryl methyl sites for hydroxylation is 1. The van der Waals surface area contributed by atoms with Crippen LogP contribution in [0.5, 0.6) is 11.5 Å². The van der Waals surface area contributed by atoms with E-state index in [1.54, 1.807) is 25.4 Å². The van der Waals surface area contributed by atoms with E-state index >= 15 is 0 Å². The largest absolute Gasteiger partial charge is 0.508 e. The van der Waals surface area contributed by atoms with Crippen molar-refractivity contribution in [2.24, 2.45) is 0 Å². The van der Waals surface area contributed by atoms with Gasteiger partial charge in [-0.05, 0) is 38.1 Å². The molecule has 2 aromatic rings. The SMILES string of the molecule is COc1ccc(O)c(C(C)NCCCc2ncc[nH]2)c1. The van der Waals surface area contributed by atoms with Gasteiger partial charge < -0.3 is 20.1 Å². The average Bonchev–Trinajstić information content (AvgIpc) is 2.97. The first kappa shape index (κ1) is 14.4. The van der Waals surface area contributed by atoms with Gasteiger partial charge >= 0.3 is 0 Å². The Bertz CT molecular complexity index is 526. The van der Waals surface area contributed by atoms with E-state index in [1.807, 2.05) is 19.2 Å². The fourth-order valence-corrected chi connectivity index (χ4v) is 2.13. The first-order valence-corrected chi connectivity index (χ1v) is 6.79. The molecule has 0 amide bonds. The van der Waals surface area contributed by atoms with Gasteiger partial charge in [-0.2, -0.15) is 0 Å². The molecule has 1 atom stereocenters. The highest BCUT2D eigenvalue weighted by atomic mass is 16.5. The minimum Gasteiger partial charge on any atom is -0.508 e. The molecular weight excluding hydrogens is 254 g/mol. The molecule has 1 aromatic heterocycles. The van der Waals surface area contributed by atoms with Crippen molar-refractivity contribution in [3.05, 3.63) is 42.0 Å². The molecule has 0 aliphatic rings. The molecule has 0 fully saturated rings. The van der Waals surface area contributed by atoms with Crippen LogP contribution in [0.25, 0.3) is 0 Å². The van der Waals surface area contributed by atoms with Crippen LogP contribution >= 0.6 is 0 Å². The fraction of sp³-hybridized carbons (Fsp3) is 0.400. The lowest BCUT2D eigenvalue weighted by atomic mass is 10.1. The number of ether oxygens (including phenoxy) is 1. The Balaban J connectivity index is 1.83. The van der Waals surface area contributed by atoms with Gasteiger partial charge in [-0.15, -0.1) is 0 Å². The third-order valence-corrected chi connectivity index (χ3v) is 3.30. The monoisotopic (exact) mass is 275 g/mol. The molecule has 5 nitrogen and oxygen atoms in total. The van der Waals surface area contributed by atoms with Crippen molar-refractivity contribution in [2.45, 2.75) is 25.8 Å². The second-order valence-corrected chi connectivity index (χ2v) is 4.74. The van der Waals surface area contributed by atoms with Gasteiger partial charge in [-0.25, -0.2) is 4.98 Å². The molecule has 1 heterocycles. The highest BCUT2D eigenvalue weighted by Crippen LogP contribution is 2.28. The zero-order valence-electron chi connectivity index (χ0n) is 11.9. The smallest absolute Gasteiger partial charge is 0.120 e. The number of aromatic amines is 1. The number of aromatic nitrogens is 2. The Labute approximate surface area is 119 Å². The number of imidazole rings is 1. The van der Waals surface area contributed by atoms with Gasteiger partial charge in [-0.3, -0.25) is 0 Å². The van der Waals surface area contributed by atoms with Gasteiger partial charge in [0, 0.05) is 30.4 Å². The first-order chi connectivity index (χ1) is 9.70. The van der Waals surface area contributed by atoms with E-state index in [0.717, 1.165) is 36.5 Å². The standard InChI is InChI=1S/C15H21N3O2/c1-11(13-10-12(20-2)5-6-14(13)19)16-7-3-4-15-17-8-9-18-15/h5-6,8-11,16,19H,3-4,7H2,1-2H3,(H,17,18). The lowest BCUT2D eigenvalue weighted by Crippen LogP contribution is -2.20. The molecule has 0 aliphatic carbocycles. The summed E-state index contributed by atoms with van der Waals surface area (Å²) in [5.74, 6) is 2.04. The number of hydrogen-bond acceptors (Lipinski definition) is 4. The van der Waals surface area contributed by atoms with Crippen molar-refractivity contribution in [1.29, 1.82) is 0 Å². The summed E-state index contributed by atoms with van der Waals surface area (Å²) in [6.07, 6.45) is 5.50. The number of aromatic hydroxyl groups is 1. The number of benzene rings is 1. The number of H-pyrrole nitrogens is 1. The van der Waals surface area contributed by atoms with Crippen LogP contribution in [-0.4, -0.2) is 28.7 Å². The highest BCUT2D eigenvalue weighted by molar-refractivity contribution is 5.41. The Hall–Kier alpha value is -2.01. The summed E-state index contributed by atoms with van der Waals surface area (Å²) in [6.45, 7) is 2.89. The van der Waals surface area contributed by atoms with Gasteiger partial charge in [0.1, 0.15) is 17.3 Å². The van der Waals surface area contributed by atoms with E-state index in [4.69, 9.17) is 4.74 Å². The number of rotatable bonds is 7. The third-order valence-electron chi connectivity index (χ3n) is 3.30. The lowest BCUT2D eigenvalue weighted by Gasteiger charge is -2.16. The van der Waals surface area contributed by atoms with Crippen molar-refractivity contribution >= 4 is 0 Å². The molecular formula is C15H21N3O2. The fourth-order valence-electron chi connectivity index (χ4n) is 2.13. The van der Waals surface area contributed by atoms with Crippen molar-refractivity contribution in [1.82, 2.24) is 15.3 Å². The van der Waals surface area contributed by atoms with Crippen LogP contribution in [0.3, 0.4) is 0 Å². The quantitative estimate of drug-likeness (QED) is 0.679. The van der Waals surface area contributed by atoms with Crippen LogP contribution in [0, 0.1) is 0 Å². The molecule has 1 aromatic carbocycles. The Morgan fingerprint density at radius 2 is 2.30 bits per heavy atom. The molecule has 0 radical (unpaired) electrons. The van der Waals surface area contributed by atoms with E-state index < -0.39 is 0 Å². The Morgan fingerprint density at radius 3 is 3.00 bits per heavy atom. The molecule has 0 aliphatic heterocycles. The minimum atomic E-state index is 0.0710. The zero-order valence-corrected chi connectivity index (χ0v) is 11.9. The summed E-state index contributed by atoms with van der Waals surface area (Å²) >= 11 is 0. The van der Waals surface area contributed by atoms with E-state index in [-0.39, 0.29) is 11.8 Å². The molecule has 1 unspecified atom stereocenters. The number of nitrogens with one attached hydrogen (secondary N) is 2. The van der Waals surface area contributed by atoms with E-state index in [0.29, 0.717) is 0 Å². The van der Waals surface area contributed by atoms with Crippen molar-refractivity contribution in [2.75, 3.05) is 13.7 Å². The summed E-state index contributed by atoms with van der Waals surface area (Å²) in [7, 11) is 1.62. The zero-order chi connectivity index (χ0) is 14.4. The summed E-state index contributed by atoms with van der Waals surface area (Å²) in [6, 6.07) is 5.35. The van der Waals surface area contributed by atoms with Crippen LogP contribution < -0.4 is 10.1 Å². The predicted octanol–water partition coefficient (Wildman–Crippen LogP) is 2.41. The maximum atomic E-state index is 9.90. The summed E-state index contributed by atoms with van der Waals surface area (Å²) < 4.78 is 5.18. The number of methoxy groups -OCH3 is 1. The van der Waals surface area contributed by atoms with Gasteiger partial charge in [0.05, 0.1) is 7.11 Å². The molecule has 108 valence electrons. The molecule has 2 rings (SSSR count). The van der Waals surface area contributed by atoms with Crippen LogP contribution in [-0.2, 0) is 6.42 Å². The molecule has 0 saturated heterocycles. The number of nitrogens with zero attached hydrogens (tertiary/aromatic N) is 1. The minimum absolute atomic E-state index is 0.0710. The first-order valence-electron chi connectivity index (χ1n) is 6.79.